The Kier molecular flexibility index (Phi) is 4.42. The topological polar surface area (TPSA) is 0 Å². The summed E-state index contributed by atoms with van der Waals surface area (Å²) in [6.07, 6.45) is 12.6. The molecule has 0 aromatic heterocycles. The first-order valence-electron chi connectivity index (χ1n) is 6.33. The molecule has 0 atom stereocenters. The molecule has 1 aromatic rings. The smallest absolute Gasteiger partial charge is 0 e. The van der Waals surface area contributed by atoms with E-state index in [9.17, 15) is 0 Å². The molecule has 0 amide bonds. The van der Waals surface area contributed by atoms with Crippen LogP contribution in [0, 0.1) is 6.42 Å². The summed E-state index contributed by atoms with van der Waals surface area (Å²) in [6.45, 7) is 2.14. The van der Waals surface area contributed by atoms with Crippen molar-refractivity contribution in [3.8, 4) is 0 Å². The van der Waals surface area contributed by atoms with Crippen molar-refractivity contribution in [1.82, 2.24) is 0 Å². The molecule has 0 aliphatic heterocycles. The van der Waals surface area contributed by atoms with Crippen molar-refractivity contribution in [2.45, 2.75) is 26.2 Å². The van der Waals surface area contributed by atoms with Gasteiger partial charge in [0.25, 0.3) is 0 Å². The minimum absolute atomic E-state index is 0. The Morgan fingerprint density at radius 3 is 2.83 bits per heavy atom. The molecular formula is C17H17Ti-. The molecule has 2 aliphatic rings. The first-order valence-corrected chi connectivity index (χ1v) is 6.33. The van der Waals surface area contributed by atoms with Crippen molar-refractivity contribution >= 4 is 6.08 Å². The van der Waals surface area contributed by atoms with Crippen LogP contribution in [0.2, 0.25) is 0 Å². The van der Waals surface area contributed by atoms with E-state index in [4.69, 9.17) is 0 Å². The van der Waals surface area contributed by atoms with Gasteiger partial charge in [0.05, 0.1) is 0 Å². The van der Waals surface area contributed by atoms with E-state index >= 15 is 0 Å². The fourth-order valence-corrected chi connectivity index (χ4v) is 2.77. The molecule has 0 spiro atoms. The van der Waals surface area contributed by atoms with Crippen LogP contribution in [-0.2, 0) is 28.1 Å². The normalized spacial score (nSPS) is 16.6. The van der Waals surface area contributed by atoms with Gasteiger partial charge in [-0.3, -0.25) is 0 Å². The standard InChI is InChI=1S/C17H17.Ti/c1-2-6-13-9-5-10-17(13)16-11-14-7-3-4-8-15(14)12-16;/h2-5,7-8,10-11H,6,9,12H2,1H3;/q-1;. The summed E-state index contributed by atoms with van der Waals surface area (Å²) in [6, 6.07) is 8.71. The van der Waals surface area contributed by atoms with E-state index in [1.165, 1.54) is 22.3 Å². The van der Waals surface area contributed by atoms with E-state index in [1.807, 2.05) is 0 Å². The molecule has 0 fully saturated rings. The zero-order chi connectivity index (χ0) is 11.7. The Hall–Kier alpha value is -0.846. The number of hydrogen-bond acceptors (Lipinski definition) is 0. The molecule has 0 saturated carbocycles. The van der Waals surface area contributed by atoms with Gasteiger partial charge in [-0.25, -0.2) is 0 Å². The van der Waals surface area contributed by atoms with Crippen LogP contribution in [-0.4, -0.2) is 0 Å². The molecule has 0 saturated heterocycles. The van der Waals surface area contributed by atoms with Crippen LogP contribution in [0.1, 0.15) is 30.9 Å². The number of hydrogen-bond donors (Lipinski definition) is 0. The maximum Gasteiger partial charge on any atom is 0 e. The molecule has 1 aromatic carbocycles. The fourth-order valence-electron chi connectivity index (χ4n) is 2.77. The third-order valence-electron chi connectivity index (χ3n) is 3.59. The van der Waals surface area contributed by atoms with Gasteiger partial charge in [0.2, 0.25) is 0 Å². The predicted octanol–water partition coefficient (Wildman–Crippen LogP) is 4.49. The first kappa shape index (κ1) is 13.6. The SMILES string of the molecule is C[CH-]CC1=C(C2=Cc3ccccc3C2)C=CC1.[Ti]. The largest absolute Gasteiger partial charge is 0.328 e. The second kappa shape index (κ2) is 5.86. The maximum atomic E-state index is 2.36. The summed E-state index contributed by atoms with van der Waals surface area (Å²) in [7, 11) is 0. The maximum absolute atomic E-state index is 2.36. The van der Waals surface area contributed by atoms with Gasteiger partial charge in [-0.05, 0) is 35.1 Å². The number of benzene rings is 1. The monoisotopic (exact) mass is 269 g/mol. The summed E-state index contributed by atoms with van der Waals surface area (Å²) < 4.78 is 0. The average Bonchev–Trinajstić information content (AvgIpc) is 2.94. The van der Waals surface area contributed by atoms with E-state index in [0.717, 1.165) is 19.3 Å². The minimum Gasteiger partial charge on any atom is -0.328 e. The van der Waals surface area contributed by atoms with Crippen LogP contribution < -0.4 is 0 Å². The molecule has 0 radical (unpaired) electrons. The van der Waals surface area contributed by atoms with E-state index in [2.05, 4.69) is 55.8 Å². The Labute approximate surface area is 124 Å². The minimum atomic E-state index is 0. The molecule has 18 heavy (non-hydrogen) atoms. The predicted molar refractivity (Wildman–Crippen MR) is 73.5 cm³/mol. The number of rotatable bonds is 3. The van der Waals surface area contributed by atoms with Gasteiger partial charge in [0, 0.05) is 21.7 Å². The molecular weight excluding hydrogens is 252 g/mol. The van der Waals surface area contributed by atoms with Crippen LogP contribution in [0.25, 0.3) is 6.08 Å². The average molecular weight is 269 g/mol. The van der Waals surface area contributed by atoms with Gasteiger partial charge < -0.3 is 6.42 Å². The van der Waals surface area contributed by atoms with Crippen molar-refractivity contribution in [2.75, 3.05) is 0 Å². The second-order valence-corrected chi connectivity index (χ2v) is 4.78. The van der Waals surface area contributed by atoms with Crippen molar-refractivity contribution in [1.29, 1.82) is 0 Å². The molecule has 0 heterocycles. The summed E-state index contributed by atoms with van der Waals surface area (Å²) in [5.74, 6) is 0. The van der Waals surface area contributed by atoms with Crippen LogP contribution in [0.3, 0.4) is 0 Å². The van der Waals surface area contributed by atoms with Crippen molar-refractivity contribution in [2.24, 2.45) is 0 Å². The van der Waals surface area contributed by atoms with Gasteiger partial charge >= 0.3 is 0 Å². The van der Waals surface area contributed by atoms with E-state index in [-0.39, 0.29) is 21.7 Å². The zero-order valence-electron chi connectivity index (χ0n) is 10.7. The third-order valence-corrected chi connectivity index (χ3v) is 3.59. The molecule has 0 unspecified atom stereocenters. The van der Waals surface area contributed by atoms with Gasteiger partial charge in [-0.1, -0.05) is 48.1 Å². The van der Waals surface area contributed by atoms with Gasteiger partial charge in [-0.15, -0.1) is 0 Å². The van der Waals surface area contributed by atoms with Gasteiger partial charge in [0.15, 0.2) is 0 Å². The number of allylic oxidation sites excluding steroid dienone is 5. The summed E-state index contributed by atoms with van der Waals surface area (Å²) in [4.78, 5) is 0. The zero-order valence-corrected chi connectivity index (χ0v) is 12.3. The molecule has 2 aliphatic carbocycles. The fraction of sp³-hybridized carbons (Fsp3) is 0.235. The summed E-state index contributed by atoms with van der Waals surface area (Å²) >= 11 is 0. The molecule has 0 bridgehead atoms. The van der Waals surface area contributed by atoms with Crippen molar-refractivity contribution in [3.05, 3.63) is 70.7 Å². The summed E-state index contributed by atoms with van der Waals surface area (Å²) in [5, 5.41) is 0. The van der Waals surface area contributed by atoms with Gasteiger partial charge in [-0.2, -0.15) is 13.3 Å². The van der Waals surface area contributed by atoms with Crippen LogP contribution in [0.4, 0.5) is 0 Å². The summed E-state index contributed by atoms with van der Waals surface area (Å²) in [5.41, 5.74) is 7.42. The Morgan fingerprint density at radius 1 is 1.22 bits per heavy atom. The number of fused-ring (bicyclic) bond motifs is 1. The van der Waals surface area contributed by atoms with Gasteiger partial charge in [0.1, 0.15) is 0 Å². The molecule has 3 rings (SSSR count). The van der Waals surface area contributed by atoms with Crippen LogP contribution >= 0.6 is 0 Å². The Bertz CT molecular complexity index is 532. The van der Waals surface area contributed by atoms with E-state index < -0.39 is 0 Å². The second-order valence-electron chi connectivity index (χ2n) is 4.78. The van der Waals surface area contributed by atoms with Crippen LogP contribution in [0.5, 0.6) is 0 Å². The quantitative estimate of drug-likeness (QED) is 0.560. The molecule has 0 nitrogen and oxygen atoms in total. The van der Waals surface area contributed by atoms with Crippen molar-refractivity contribution in [3.63, 3.8) is 0 Å². The van der Waals surface area contributed by atoms with E-state index in [1.54, 1.807) is 5.57 Å². The Morgan fingerprint density at radius 2 is 2.06 bits per heavy atom. The third kappa shape index (κ3) is 2.46. The molecule has 1 heteroatoms. The molecule has 90 valence electrons. The molecule has 0 N–H and O–H groups in total. The Balaban J connectivity index is 0.00000120. The van der Waals surface area contributed by atoms with Crippen molar-refractivity contribution < 1.29 is 21.7 Å². The van der Waals surface area contributed by atoms with Crippen LogP contribution in [0.15, 0.2) is 53.1 Å². The first-order chi connectivity index (χ1) is 8.38. The van der Waals surface area contributed by atoms with E-state index in [0.29, 0.717) is 0 Å².